The fourth-order valence-corrected chi connectivity index (χ4v) is 2.88. The summed E-state index contributed by atoms with van der Waals surface area (Å²) < 4.78 is 11.1. The zero-order chi connectivity index (χ0) is 21.7. The molecule has 0 atom stereocenters. The maximum atomic E-state index is 12.9. The lowest BCUT2D eigenvalue weighted by Gasteiger charge is -2.26. The number of benzene rings is 2. The van der Waals surface area contributed by atoms with Crippen LogP contribution in [0.5, 0.6) is 11.5 Å². The lowest BCUT2D eigenvalue weighted by atomic mass is 10.1. The average Bonchev–Trinajstić information content (AvgIpc) is 2.71. The molecule has 0 unspecified atom stereocenters. The molecule has 0 aromatic heterocycles. The van der Waals surface area contributed by atoms with Crippen molar-refractivity contribution in [2.24, 2.45) is 0 Å². The van der Waals surface area contributed by atoms with Crippen LogP contribution in [-0.4, -0.2) is 30.6 Å². The van der Waals surface area contributed by atoms with E-state index in [-0.39, 0.29) is 11.7 Å². The van der Waals surface area contributed by atoms with Gasteiger partial charge < -0.3 is 9.47 Å². The molecule has 1 aliphatic rings. The van der Waals surface area contributed by atoms with Crippen molar-refractivity contribution in [3.63, 3.8) is 0 Å². The van der Waals surface area contributed by atoms with Gasteiger partial charge >= 0.3 is 6.03 Å². The summed E-state index contributed by atoms with van der Waals surface area (Å²) in [7, 11) is 0. The number of imide groups is 2. The number of barbiturate groups is 1. The van der Waals surface area contributed by atoms with Crippen molar-refractivity contribution in [2.75, 3.05) is 11.5 Å². The molecule has 1 aliphatic heterocycles. The second kappa shape index (κ2) is 9.26. The molecule has 1 N–H and O–H groups in total. The predicted octanol–water partition coefficient (Wildman–Crippen LogP) is 3.93. The van der Waals surface area contributed by atoms with Crippen LogP contribution < -0.4 is 19.7 Å². The van der Waals surface area contributed by atoms with E-state index in [1.54, 1.807) is 48.5 Å². The number of amides is 4. The van der Waals surface area contributed by atoms with Crippen LogP contribution in [0.1, 0.15) is 32.8 Å². The molecule has 2 aromatic rings. The minimum absolute atomic E-state index is 0.0400. The van der Waals surface area contributed by atoms with Gasteiger partial charge in [-0.3, -0.25) is 14.9 Å². The summed E-state index contributed by atoms with van der Waals surface area (Å²) in [5.74, 6) is -0.0880. The first-order valence-corrected chi connectivity index (χ1v) is 9.80. The minimum atomic E-state index is -0.787. The Morgan fingerprint density at radius 3 is 2.20 bits per heavy atom. The summed E-state index contributed by atoms with van der Waals surface area (Å²) in [6.45, 7) is 6.43. The Labute approximate surface area is 175 Å². The number of hydrogen-bond donors (Lipinski definition) is 1. The first kappa shape index (κ1) is 21.1. The number of urea groups is 1. The largest absolute Gasteiger partial charge is 0.494 e. The molecular weight excluding hydrogens is 384 g/mol. The molecule has 7 heteroatoms. The number of hydrogen-bond acceptors (Lipinski definition) is 5. The highest BCUT2D eigenvalue weighted by Gasteiger charge is 2.36. The predicted molar refractivity (Wildman–Crippen MR) is 113 cm³/mol. The normalized spacial score (nSPS) is 15.5. The number of nitrogens with zero attached hydrogens (tertiary/aromatic N) is 1. The Balaban J connectivity index is 1.84. The fourth-order valence-electron chi connectivity index (χ4n) is 2.88. The van der Waals surface area contributed by atoms with E-state index in [0.29, 0.717) is 29.4 Å². The molecule has 156 valence electrons. The lowest BCUT2D eigenvalue weighted by Crippen LogP contribution is -2.54. The molecule has 0 saturated carbocycles. The molecule has 1 saturated heterocycles. The van der Waals surface area contributed by atoms with Crippen LogP contribution in [0.25, 0.3) is 6.08 Å². The third-order valence-corrected chi connectivity index (χ3v) is 4.23. The Bertz CT molecular complexity index is 962. The molecule has 7 nitrogen and oxygen atoms in total. The van der Waals surface area contributed by atoms with Crippen molar-refractivity contribution in [1.29, 1.82) is 0 Å². The molecule has 0 spiro atoms. The molecule has 0 bridgehead atoms. The number of rotatable bonds is 7. The molecule has 4 amide bonds. The van der Waals surface area contributed by atoms with Crippen LogP contribution in [0.2, 0.25) is 0 Å². The summed E-state index contributed by atoms with van der Waals surface area (Å²) in [4.78, 5) is 38.5. The first-order valence-electron chi connectivity index (χ1n) is 9.80. The fraction of sp³-hybridized carbons (Fsp3) is 0.261. The van der Waals surface area contributed by atoms with Gasteiger partial charge in [0, 0.05) is 0 Å². The quantitative estimate of drug-likeness (QED) is 0.554. The zero-order valence-corrected chi connectivity index (χ0v) is 17.2. The van der Waals surface area contributed by atoms with Crippen LogP contribution in [-0.2, 0) is 9.59 Å². The average molecular weight is 408 g/mol. The lowest BCUT2D eigenvalue weighted by molar-refractivity contribution is -0.122. The summed E-state index contributed by atoms with van der Waals surface area (Å²) in [5, 5.41) is 2.22. The number of nitrogens with one attached hydrogen (secondary N) is 1. The highest BCUT2D eigenvalue weighted by molar-refractivity contribution is 6.39. The van der Waals surface area contributed by atoms with E-state index < -0.39 is 17.8 Å². The van der Waals surface area contributed by atoms with Crippen LogP contribution >= 0.6 is 0 Å². The molecule has 0 radical (unpaired) electrons. The van der Waals surface area contributed by atoms with Gasteiger partial charge in [-0.1, -0.05) is 19.1 Å². The smallest absolute Gasteiger partial charge is 0.335 e. The monoisotopic (exact) mass is 408 g/mol. The van der Waals surface area contributed by atoms with Crippen molar-refractivity contribution in [3.8, 4) is 11.5 Å². The Hall–Kier alpha value is -3.61. The van der Waals surface area contributed by atoms with E-state index in [2.05, 4.69) is 5.32 Å². The molecule has 0 aliphatic carbocycles. The van der Waals surface area contributed by atoms with Gasteiger partial charge in [-0.25, -0.2) is 9.69 Å². The maximum absolute atomic E-state index is 12.9. The van der Waals surface area contributed by atoms with Gasteiger partial charge in [-0.2, -0.15) is 0 Å². The summed E-state index contributed by atoms with van der Waals surface area (Å²) in [6.07, 6.45) is 2.36. The van der Waals surface area contributed by atoms with Crippen molar-refractivity contribution in [1.82, 2.24) is 5.32 Å². The van der Waals surface area contributed by atoms with Crippen LogP contribution in [0.3, 0.4) is 0 Å². The van der Waals surface area contributed by atoms with Gasteiger partial charge in [0.1, 0.15) is 17.1 Å². The van der Waals surface area contributed by atoms with E-state index in [9.17, 15) is 14.4 Å². The third-order valence-electron chi connectivity index (χ3n) is 4.23. The van der Waals surface area contributed by atoms with Gasteiger partial charge in [0.15, 0.2) is 0 Å². The summed E-state index contributed by atoms with van der Waals surface area (Å²) in [6, 6.07) is 12.8. The second-order valence-electron chi connectivity index (χ2n) is 7.04. The Morgan fingerprint density at radius 2 is 1.60 bits per heavy atom. The molecule has 2 aromatic carbocycles. The van der Waals surface area contributed by atoms with Gasteiger partial charge in [0.25, 0.3) is 11.8 Å². The molecule has 3 rings (SSSR count). The molecule has 30 heavy (non-hydrogen) atoms. The SMILES string of the molecule is CCCOc1ccc(N2C(=O)NC(=O)/C(=C/c3ccc(OC(C)C)cc3)C2=O)cc1. The minimum Gasteiger partial charge on any atom is -0.494 e. The van der Waals surface area contributed by atoms with Crippen LogP contribution in [0, 0.1) is 0 Å². The van der Waals surface area contributed by atoms with Crippen LogP contribution in [0.4, 0.5) is 10.5 Å². The highest BCUT2D eigenvalue weighted by Crippen LogP contribution is 2.25. The number of carbonyl (C=O) groups is 3. The summed E-state index contributed by atoms with van der Waals surface area (Å²) >= 11 is 0. The topological polar surface area (TPSA) is 84.9 Å². The zero-order valence-electron chi connectivity index (χ0n) is 17.2. The Kier molecular flexibility index (Phi) is 6.51. The molecular formula is C23H24N2O5. The number of ether oxygens (including phenoxy) is 2. The van der Waals surface area contributed by atoms with Gasteiger partial charge in [0.2, 0.25) is 0 Å². The first-order chi connectivity index (χ1) is 14.4. The van der Waals surface area contributed by atoms with Gasteiger partial charge in [-0.05, 0) is 68.3 Å². The van der Waals surface area contributed by atoms with Gasteiger partial charge in [0.05, 0.1) is 18.4 Å². The number of anilines is 1. The van der Waals surface area contributed by atoms with E-state index >= 15 is 0 Å². The highest BCUT2D eigenvalue weighted by atomic mass is 16.5. The van der Waals surface area contributed by atoms with E-state index in [1.807, 2.05) is 20.8 Å². The van der Waals surface area contributed by atoms with E-state index in [0.717, 1.165) is 11.3 Å². The van der Waals surface area contributed by atoms with Crippen LogP contribution in [0.15, 0.2) is 54.1 Å². The summed E-state index contributed by atoms with van der Waals surface area (Å²) in [5.41, 5.74) is 0.862. The molecule has 1 fully saturated rings. The van der Waals surface area contributed by atoms with E-state index in [4.69, 9.17) is 9.47 Å². The van der Waals surface area contributed by atoms with E-state index in [1.165, 1.54) is 6.08 Å². The second-order valence-corrected chi connectivity index (χ2v) is 7.04. The molecule has 1 heterocycles. The maximum Gasteiger partial charge on any atom is 0.335 e. The van der Waals surface area contributed by atoms with Crippen molar-refractivity contribution in [2.45, 2.75) is 33.3 Å². The van der Waals surface area contributed by atoms with Gasteiger partial charge in [-0.15, -0.1) is 0 Å². The number of carbonyl (C=O) groups excluding carboxylic acids is 3. The Morgan fingerprint density at radius 1 is 0.967 bits per heavy atom. The van der Waals surface area contributed by atoms with Crippen molar-refractivity contribution in [3.05, 3.63) is 59.7 Å². The van der Waals surface area contributed by atoms with Crippen molar-refractivity contribution >= 4 is 29.6 Å². The third kappa shape index (κ3) is 4.86. The standard InChI is InChI=1S/C23H24N2O5/c1-4-13-29-18-11-7-17(8-12-18)25-22(27)20(21(26)24-23(25)28)14-16-5-9-19(10-6-16)30-15(2)3/h5-12,14-15H,4,13H2,1-3H3,(H,24,26,28)/b20-14-. The van der Waals surface area contributed by atoms with Crippen molar-refractivity contribution < 1.29 is 23.9 Å².